The fraction of sp³-hybridized carbons (Fsp3) is 0.625. The first kappa shape index (κ1) is 14.2. The first-order valence-corrected chi connectivity index (χ1v) is 7.11. The highest BCUT2D eigenvalue weighted by molar-refractivity contribution is 5.87. The highest BCUT2D eigenvalue weighted by Gasteiger charge is 2.37. The quantitative estimate of drug-likeness (QED) is 0.834. The number of nitrogens with zero attached hydrogens (tertiary/aromatic N) is 2. The van der Waals surface area contributed by atoms with Crippen molar-refractivity contribution in [1.29, 1.82) is 0 Å². The zero-order valence-electron chi connectivity index (χ0n) is 12.2. The zero-order chi connectivity index (χ0) is 13.9. The molecule has 104 valence electrons. The Bertz CT molecular complexity index is 428. The molecule has 0 aliphatic heterocycles. The van der Waals surface area contributed by atoms with Crippen molar-refractivity contribution in [3.63, 3.8) is 0 Å². The fourth-order valence-corrected chi connectivity index (χ4v) is 3.02. The van der Waals surface area contributed by atoms with Crippen LogP contribution in [0.5, 0.6) is 0 Å². The van der Waals surface area contributed by atoms with E-state index in [0.29, 0.717) is 5.78 Å². The molecule has 1 saturated carbocycles. The Morgan fingerprint density at radius 3 is 2.95 bits per heavy atom. The molecule has 0 radical (unpaired) electrons. The molecule has 1 heterocycles. The van der Waals surface area contributed by atoms with E-state index >= 15 is 0 Å². The molecule has 1 aliphatic rings. The number of pyridine rings is 1. The molecule has 1 fully saturated rings. The van der Waals surface area contributed by atoms with Gasteiger partial charge in [0.15, 0.2) is 0 Å². The predicted molar refractivity (Wildman–Crippen MR) is 76.7 cm³/mol. The van der Waals surface area contributed by atoms with Crippen LogP contribution < -0.4 is 0 Å². The number of hydrogen-bond acceptors (Lipinski definition) is 3. The molecule has 0 aromatic carbocycles. The van der Waals surface area contributed by atoms with Crippen LogP contribution in [0.2, 0.25) is 0 Å². The second-order valence-corrected chi connectivity index (χ2v) is 6.40. The van der Waals surface area contributed by atoms with Gasteiger partial charge in [0, 0.05) is 36.8 Å². The van der Waals surface area contributed by atoms with Crippen LogP contribution in [-0.2, 0) is 11.3 Å². The number of carbonyl (C=O) groups is 1. The molecule has 19 heavy (non-hydrogen) atoms. The summed E-state index contributed by atoms with van der Waals surface area (Å²) in [4.78, 5) is 18.8. The molecule has 2 rings (SSSR count). The maximum absolute atomic E-state index is 12.4. The minimum absolute atomic E-state index is 0.127. The van der Waals surface area contributed by atoms with Crippen LogP contribution in [0, 0.1) is 11.3 Å². The molecule has 0 bridgehead atoms. The summed E-state index contributed by atoms with van der Waals surface area (Å²) in [5, 5.41) is 0. The van der Waals surface area contributed by atoms with E-state index in [1.165, 1.54) is 12.0 Å². The van der Waals surface area contributed by atoms with Gasteiger partial charge < -0.3 is 4.90 Å². The summed E-state index contributed by atoms with van der Waals surface area (Å²) in [6.07, 6.45) is 6.93. The molecular weight excluding hydrogens is 236 g/mol. The molecule has 0 saturated heterocycles. The lowest BCUT2D eigenvalue weighted by atomic mass is 9.71. The predicted octanol–water partition coefficient (Wildman–Crippen LogP) is 2.91. The number of aromatic nitrogens is 1. The maximum atomic E-state index is 12.4. The van der Waals surface area contributed by atoms with E-state index in [0.717, 1.165) is 25.9 Å². The number of hydrogen-bond donors (Lipinski definition) is 0. The molecule has 0 amide bonds. The van der Waals surface area contributed by atoms with Crippen LogP contribution in [-0.4, -0.2) is 29.3 Å². The Balaban J connectivity index is 1.92. The van der Waals surface area contributed by atoms with E-state index in [9.17, 15) is 4.79 Å². The Morgan fingerprint density at radius 1 is 1.47 bits per heavy atom. The monoisotopic (exact) mass is 260 g/mol. The summed E-state index contributed by atoms with van der Waals surface area (Å²) in [5.74, 6) is 0.641. The molecular formula is C16H24N2O. The summed E-state index contributed by atoms with van der Waals surface area (Å²) in [7, 11) is 2.09. The normalized spacial score (nSPS) is 22.7. The second kappa shape index (κ2) is 5.83. The Morgan fingerprint density at radius 2 is 2.26 bits per heavy atom. The average molecular weight is 260 g/mol. The SMILES string of the molecule is CN(Cc1cccnc1)CC1CCCC(C)(C)C1=O. The van der Waals surface area contributed by atoms with Crippen molar-refractivity contribution < 1.29 is 4.79 Å². The van der Waals surface area contributed by atoms with Crippen LogP contribution >= 0.6 is 0 Å². The summed E-state index contributed by atoms with van der Waals surface area (Å²) in [6, 6.07) is 4.04. The smallest absolute Gasteiger partial charge is 0.142 e. The lowest BCUT2D eigenvalue weighted by Gasteiger charge is -2.35. The van der Waals surface area contributed by atoms with Gasteiger partial charge in [-0.25, -0.2) is 0 Å². The topological polar surface area (TPSA) is 33.2 Å². The third-order valence-corrected chi connectivity index (χ3v) is 4.10. The second-order valence-electron chi connectivity index (χ2n) is 6.40. The van der Waals surface area contributed by atoms with Gasteiger partial charge in [0.2, 0.25) is 0 Å². The van der Waals surface area contributed by atoms with Crippen LogP contribution in [0.25, 0.3) is 0 Å². The lowest BCUT2D eigenvalue weighted by molar-refractivity contribution is -0.134. The molecule has 3 heteroatoms. The summed E-state index contributed by atoms with van der Waals surface area (Å²) in [6.45, 7) is 5.89. The molecule has 1 unspecified atom stereocenters. The van der Waals surface area contributed by atoms with Gasteiger partial charge in [-0.05, 0) is 31.5 Å². The highest BCUT2D eigenvalue weighted by Crippen LogP contribution is 2.35. The standard InChI is InChI=1S/C16H24N2O/c1-16(2)8-4-7-14(15(16)19)12-18(3)11-13-6-5-9-17-10-13/h5-6,9-10,14H,4,7-8,11-12H2,1-3H3. The third-order valence-electron chi connectivity index (χ3n) is 4.10. The minimum atomic E-state index is -0.127. The van der Waals surface area contributed by atoms with Crippen molar-refractivity contribution in [2.75, 3.05) is 13.6 Å². The van der Waals surface area contributed by atoms with E-state index in [2.05, 4.69) is 36.8 Å². The highest BCUT2D eigenvalue weighted by atomic mass is 16.1. The van der Waals surface area contributed by atoms with Crippen LogP contribution in [0.4, 0.5) is 0 Å². The zero-order valence-corrected chi connectivity index (χ0v) is 12.2. The lowest BCUT2D eigenvalue weighted by Crippen LogP contribution is -2.40. The first-order valence-electron chi connectivity index (χ1n) is 7.11. The van der Waals surface area contributed by atoms with E-state index in [-0.39, 0.29) is 11.3 Å². The summed E-state index contributed by atoms with van der Waals surface area (Å²) < 4.78 is 0. The third kappa shape index (κ3) is 3.63. The van der Waals surface area contributed by atoms with Gasteiger partial charge in [0.25, 0.3) is 0 Å². The molecule has 1 aliphatic carbocycles. The number of Topliss-reactive ketones (excluding diaryl/α,β-unsaturated/α-hetero) is 1. The Hall–Kier alpha value is -1.22. The minimum Gasteiger partial charge on any atom is -0.301 e. The molecule has 3 nitrogen and oxygen atoms in total. The van der Waals surface area contributed by atoms with Gasteiger partial charge in [0.1, 0.15) is 5.78 Å². The maximum Gasteiger partial charge on any atom is 0.142 e. The van der Waals surface area contributed by atoms with Crippen LogP contribution in [0.15, 0.2) is 24.5 Å². The van der Waals surface area contributed by atoms with Gasteiger partial charge in [-0.1, -0.05) is 26.3 Å². The molecule has 1 aromatic rings. The number of rotatable bonds is 4. The number of carbonyl (C=O) groups excluding carboxylic acids is 1. The molecule has 0 spiro atoms. The van der Waals surface area contributed by atoms with Crippen molar-refractivity contribution in [3.8, 4) is 0 Å². The van der Waals surface area contributed by atoms with E-state index in [1.54, 1.807) is 6.20 Å². The van der Waals surface area contributed by atoms with Gasteiger partial charge in [-0.2, -0.15) is 0 Å². The van der Waals surface area contributed by atoms with E-state index in [1.807, 2.05) is 12.3 Å². The van der Waals surface area contributed by atoms with Crippen LogP contribution in [0.3, 0.4) is 0 Å². The van der Waals surface area contributed by atoms with Crippen molar-refractivity contribution >= 4 is 5.78 Å². The van der Waals surface area contributed by atoms with Crippen molar-refractivity contribution in [3.05, 3.63) is 30.1 Å². The van der Waals surface area contributed by atoms with Gasteiger partial charge >= 0.3 is 0 Å². The summed E-state index contributed by atoms with van der Waals surface area (Å²) >= 11 is 0. The van der Waals surface area contributed by atoms with Crippen molar-refractivity contribution in [2.45, 2.75) is 39.7 Å². The van der Waals surface area contributed by atoms with Gasteiger partial charge in [-0.15, -0.1) is 0 Å². The summed E-state index contributed by atoms with van der Waals surface area (Å²) in [5.41, 5.74) is 1.07. The Labute approximate surface area is 116 Å². The molecule has 1 atom stereocenters. The van der Waals surface area contributed by atoms with Crippen molar-refractivity contribution in [2.24, 2.45) is 11.3 Å². The first-order chi connectivity index (χ1) is 8.99. The van der Waals surface area contributed by atoms with Crippen molar-refractivity contribution in [1.82, 2.24) is 9.88 Å². The van der Waals surface area contributed by atoms with Gasteiger partial charge in [-0.3, -0.25) is 9.78 Å². The van der Waals surface area contributed by atoms with Crippen LogP contribution in [0.1, 0.15) is 38.7 Å². The van der Waals surface area contributed by atoms with E-state index < -0.39 is 0 Å². The fourth-order valence-electron chi connectivity index (χ4n) is 3.02. The number of ketones is 1. The van der Waals surface area contributed by atoms with Gasteiger partial charge in [0.05, 0.1) is 0 Å². The largest absolute Gasteiger partial charge is 0.301 e. The average Bonchev–Trinajstić information content (AvgIpc) is 2.36. The van der Waals surface area contributed by atoms with E-state index in [4.69, 9.17) is 0 Å². The molecule has 1 aromatic heterocycles. The molecule has 0 N–H and O–H groups in total. The Kier molecular flexibility index (Phi) is 4.35.